The lowest BCUT2D eigenvalue weighted by atomic mass is 10.1. The summed E-state index contributed by atoms with van der Waals surface area (Å²) in [6, 6.07) is -2.62. The summed E-state index contributed by atoms with van der Waals surface area (Å²) in [5.41, 5.74) is 11.2. The van der Waals surface area contributed by atoms with Crippen LogP contribution in [0, 0.1) is 0 Å². The first-order valence-corrected chi connectivity index (χ1v) is 10.2. The zero-order valence-electron chi connectivity index (χ0n) is 15.8. The molecule has 8 N–H and O–H groups in total. The van der Waals surface area contributed by atoms with E-state index in [1.165, 1.54) is 18.7 Å². The van der Waals surface area contributed by atoms with E-state index >= 15 is 0 Å². The van der Waals surface area contributed by atoms with Gasteiger partial charge in [-0.15, -0.1) is 0 Å². The Morgan fingerprint density at radius 3 is 2.30 bits per heavy atom. The first-order chi connectivity index (χ1) is 12.7. The van der Waals surface area contributed by atoms with Gasteiger partial charge in [0.15, 0.2) is 0 Å². The normalized spacial score (nSPS) is 13.9. The molecule has 0 rings (SSSR count). The van der Waals surface area contributed by atoms with E-state index in [2.05, 4.69) is 16.0 Å². The topological polar surface area (TPSA) is 177 Å². The van der Waals surface area contributed by atoms with Crippen LogP contribution < -0.4 is 27.4 Å². The van der Waals surface area contributed by atoms with E-state index in [1.807, 2.05) is 6.26 Å². The number of hydrogen-bond acceptors (Lipinski definition) is 7. The highest BCUT2D eigenvalue weighted by molar-refractivity contribution is 7.98. The molecule has 0 aromatic heterocycles. The van der Waals surface area contributed by atoms with Crippen molar-refractivity contribution in [2.75, 3.05) is 25.1 Å². The molecule has 0 heterocycles. The number of amides is 3. The second kappa shape index (κ2) is 14.2. The molecule has 3 atom stereocenters. The molecule has 0 fully saturated rings. The monoisotopic (exact) mass is 405 g/mol. The minimum atomic E-state index is -1.18. The molecule has 156 valence electrons. The van der Waals surface area contributed by atoms with Crippen molar-refractivity contribution in [3.63, 3.8) is 0 Å². The fourth-order valence-electron chi connectivity index (χ4n) is 2.07. The Bertz CT molecular complexity index is 506. The maximum atomic E-state index is 12.3. The molecule has 0 aromatic rings. The average molecular weight is 406 g/mol. The lowest BCUT2D eigenvalue weighted by Gasteiger charge is -2.20. The summed E-state index contributed by atoms with van der Waals surface area (Å²) in [7, 11) is 0. The van der Waals surface area contributed by atoms with Gasteiger partial charge in [0.05, 0.1) is 12.6 Å². The van der Waals surface area contributed by atoms with Crippen molar-refractivity contribution in [3.05, 3.63) is 0 Å². The number of thioether (sulfide) groups is 1. The molecule has 0 saturated carbocycles. The lowest BCUT2D eigenvalue weighted by Crippen LogP contribution is -2.53. The van der Waals surface area contributed by atoms with E-state index in [9.17, 15) is 19.2 Å². The SMILES string of the molecule is CSCCC(NC(=O)C(N)CCCCN)C(=O)NCC(=O)NC(C)C(=O)O. The molecule has 0 bridgehead atoms. The standard InChI is InChI=1S/C16H31N5O5S/c1-10(16(25)26)20-13(22)9-19-15(24)12(6-8-27-2)21-14(23)11(18)5-3-4-7-17/h10-12H,3-9,17-18H2,1-2H3,(H,19,24)(H,20,22)(H,21,23)(H,25,26). The number of carboxylic acid groups (broad SMARTS) is 1. The van der Waals surface area contributed by atoms with Gasteiger partial charge in [-0.1, -0.05) is 6.42 Å². The number of carboxylic acids is 1. The maximum absolute atomic E-state index is 12.3. The second-order valence-electron chi connectivity index (χ2n) is 6.08. The Morgan fingerprint density at radius 2 is 1.74 bits per heavy atom. The quantitative estimate of drug-likeness (QED) is 0.187. The van der Waals surface area contributed by atoms with Crippen LogP contribution in [0.2, 0.25) is 0 Å². The van der Waals surface area contributed by atoms with Crippen LogP contribution in [0.4, 0.5) is 0 Å². The molecule has 0 spiro atoms. The highest BCUT2D eigenvalue weighted by Gasteiger charge is 2.24. The summed E-state index contributed by atoms with van der Waals surface area (Å²) in [5.74, 6) is -2.14. The van der Waals surface area contributed by atoms with Crippen molar-refractivity contribution in [2.24, 2.45) is 11.5 Å². The Hall–Kier alpha value is -1.85. The predicted molar refractivity (Wildman–Crippen MR) is 104 cm³/mol. The van der Waals surface area contributed by atoms with Crippen molar-refractivity contribution in [3.8, 4) is 0 Å². The van der Waals surface area contributed by atoms with Gasteiger partial charge in [-0.2, -0.15) is 11.8 Å². The minimum Gasteiger partial charge on any atom is -0.480 e. The van der Waals surface area contributed by atoms with Crippen LogP contribution in [0.5, 0.6) is 0 Å². The van der Waals surface area contributed by atoms with Crippen LogP contribution in [-0.2, 0) is 19.2 Å². The van der Waals surface area contributed by atoms with E-state index in [4.69, 9.17) is 16.6 Å². The molecule has 0 aliphatic carbocycles. The Kier molecular flexibility index (Phi) is 13.3. The number of nitrogens with one attached hydrogen (secondary N) is 3. The first-order valence-electron chi connectivity index (χ1n) is 8.77. The average Bonchev–Trinajstić information content (AvgIpc) is 2.62. The number of unbranched alkanes of at least 4 members (excludes halogenated alkanes) is 1. The largest absolute Gasteiger partial charge is 0.480 e. The summed E-state index contributed by atoms with van der Waals surface area (Å²) in [4.78, 5) is 46.9. The van der Waals surface area contributed by atoms with E-state index in [-0.39, 0.29) is 6.54 Å². The van der Waals surface area contributed by atoms with Gasteiger partial charge < -0.3 is 32.5 Å². The van der Waals surface area contributed by atoms with Gasteiger partial charge in [0.1, 0.15) is 12.1 Å². The van der Waals surface area contributed by atoms with Crippen LogP contribution >= 0.6 is 11.8 Å². The molecule has 0 aliphatic heterocycles. The summed E-state index contributed by atoms with van der Waals surface area (Å²) in [6.45, 7) is 1.45. The number of rotatable bonds is 14. The van der Waals surface area contributed by atoms with Crippen molar-refractivity contribution in [1.82, 2.24) is 16.0 Å². The maximum Gasteiger partial charge on any atom is 0.325 e. The van der Waals surface area contributed by atoms with Gasteiger partial charge in [-0.25, -0.2) is 0 Å². The minimum absolute atomic E-state index is 0.376. The number of carbonyl (C=O) groups is 4. The summed E-state index contributed by atoms with van der Waals surface area (Å²) in [6.07, 6.45) is 4.20. The van der Waals surface area contributed by atoms with Crippen LogP contribution in [0.15, 0.2) is 0 Å². The van der Waals surface area contributed by atoms with Gasteiger partial charge in [-0.3, -0.25) is 19.2 Å². The van der Waals surface area contributed by atoms with Crippen LogP contribution in [-0.4, -0.2) is 72.0 Å². The zero-order chi connectivity index (χ0) is 20.8. The van der Waals surface area contributed by atoms with Gasteiger partial charge in [0, 0.05) is 0 Å². The number of nitrogens with two attached hydrogens (primary N) is 2. The highest BCUT2D eigenvalue weighted by Crippen LogP contribution is 2.03. The van der Waals surface area contributed by atoms with Crippen molar-refractivity contribution in [1.29, 1.82) is 0 Å². The molecule has 0 saturated heterocycles. The van der Waals surface area contributed by atoms with Gasteiger partial charge in [-0.05, 0) is 44.7 Å². The van der Waals surface area contributed by atoms with E-state index in [0.29, 0.717) is 31.6 Å². The van der Waals surface area contributed by atoms with Crippen molar-refractivity contribution in [2.45, 2.75) is 50.7 Å². The lowest BCUT2D eigenvalue weighted by molar-refractivity contribution is -0.141. The smallest absolute Gasteiger partial charge is 0.325 e. The molecule has 0 radical (unpaired) electrons. The fraction of sp³-hybridized carbons (Fsp3) is 0.750. The molecular weight excluding hydrogens is 374 g/mol. The molecule has 3 amide bonds. The number of hydrogen-bond donors (Lipinski definition) is 6. The summed E-state index contributed by atoms with van der Waals surface area (Å²) in [5, 5.41) is 16.0. The van der Waals surface area contributed by atoms with E-state index < -0.39 is 41.8 Å². The molecule has 3 unspecified atom stereocenters. The third kappa shape index (κ3) is 11.5. The van der Waals surface area contributed by atoms with Crippen molar-refractivity contribution >= 4 is 35.5 Å². The molecule has 11 heteroatoms. The van der Waals surface area contributed by atoms with Gasteiger partial charge in [0.2, 0.25) is 17.7 Å². The zero-order valence-corrected chi connectivity index (χ0v) is 16.6. The molecule has 27 heavy (non-hydrogen) atoms. The number of aliphatic carboxylic acids is 1. The van der Waals surface area contributed by atoms with E-state index in [0.717, 1.165) is 6.42 Å². The van der Waals surface area contributed by atoms with E-state index in [1.54, 1.807) is 0 Å². The second-order valence-corrected chi connectivity index (χ2v) is 7.06. The third-order valence-corrected chi connectivity index (χ3v) is 4.36. The Labute approximate surface area is 163 Å². The summed E-state index contributed by atoms with van der Waals surface area (Å²) >= 11 is 1.51. The van der Waals surface area contributed by atoms with Crippen LogP contribution in [0.1, 0.15) is 32.6 Å². The third-order valence-electron chi connectivity index (χ3n) is 3.72. The molecular formula is C16H31N5O5S. The number of carbonyl (C=O) groups excluding carboxylic acids is 3. The Morgan fingerprint density at radius 1 is 1.07 bits per heavy atom. The van der Waals surface area contributed by atoms with Crippen LogP contribution in [0.3, 0.4) is 0 Å². The molecule has 0 aliphatic rings. The van der Waals surface area contributed by atoms with Crippen molar-refractivity contribution < 1.29 is 24.3 Å². The van der Waals surface area contributed by atoms with Gasteiger partial charge >= 0.3 is 5.97 Å². The fourth-order valence-corrected chi connectivity index (χ4v) is 2.54. The molecule has 10 nitrogen and oxygen atoms in total. The van der Waals surface area contributed by atoms with Crippen LogP contribution in [0.25, 0.3) is 0 Å². The Balaban J connectivity index is 4.59. The first kappa shape index (κ1) is 25.1. The van der Waals surface area contributed by atoms with Gasteiger partial charge in [0.25, 0.3) is 0 Å². The molecule has 0 aromatic carbocycles. The highest BCUT2D eigenvalue weighted by atomic mass is 32.2. The predicted octanol–water partition coefficient (Wildman–Crippen LogP) is -1.61. The summed E-state index contributed by atoms with van der Waals surface area (Å²) < 4.78 is 0.